The molecule has 2 saturated carbocycles. The van der Waals surface area contributed by atoms with Gasteiger partial charge in [-0.1, -0.05) is 110 Å². The summed E-state index contributed by atoms with van der Waals surface area (Å²) < 4.78 is 0. The van der Waals surface area contributed by atoms with Gasteiger partial charge in [0, 0.05) is 0 Å². The summed E-state index contributed by atoms with van der Waals surface area (Å²) in [6, 6.07) is 0. The highest BCUT2D eigenvalue weighted by Crippen LogP contribution is 2.45. The third kappa shape index (κ3) is 12.1. The van der Waals surface area contributed by atoms with E-state index in [9.17, 15) is 0 Å². The van der Waals surface area contributed by atoms with Crippen LogP contribution in [0, 0.1) is 45.3 Å². The fourth-order valence-electron chi connectivity index (χ4n) is 6.01. The summed E-state index contributed by atoms with van der Waals surface area (Å²) in [6.07, 6.45) is 13.1. The minimum absolute atomic E-state index is 0. The molecule has 0 aromatic heterocycles. The molecule has 2 unspecified atom stereocenters. The fourth-order valence-corrected chi connectivity index (χ4v) is 6.01. The molecule has 0 heteroatoms. The van der Waals surface area contributed by atoms with Crippen LogP contribution in [0.15, 0.2) is 0 Å². The minimum Gasteiger partial charge on any atom is -0.0776 e. The lowest BCUT2D eigenvalue weighted by molar-refractivity contribution is 0.129. The van der Waals surface area contributed by atoms with Gasteiger partial charge in [-0.15, -0.1) is 0 Å². The van der Waals surface area contributed by atoms with Gasteiger partial charge in [0.25, 0.3) is 0 Å². The maximum absolute atomic E-state index is 2.40. The fraction of sp³-hybridized carbons (Fsp3) is 1.00. The molecule has 0 N–H and O–H groups in total. The quantitative estimate of drug-likeness (QED) is 0.415. The summed E-state index contributed by atoms with van der Waals surface area (Å²) in [6.45, 7) is 28.7. The van der Waals surface area contributed by atoms with Crippen LogP contribution in [0.4, 0.5) is 0 Å². The van der Waals surface area contributed by atoms with Crippen molar-refractivity contribution in [1.82, 2.24) is 0 Å². The molecule has 2 rings (SSSR count). The lowest BCUT2D eigenvalue weighted by Gasteiger charge is -2.38. The Balaban J connectivity index is 0.000000544. The second-order valence-corrected chi connectivity index (χ2v) is 15.4. The first-order valence-corrected chi connectivity index (χ1v) is 12.9. The first kappa shape index (κ1) is 30.0. The van der Waals surface area contributed by atoms with E-state index < -0.39 is 0 Å². The molecule has 2 fully saturated rings. The molecule has 0 heterocycles. The van der Waals surface area contributed by atoms with Gasteiger partial charge in [0.1, 0.15) is 0 Å². The van der Waals surface area contributed by atoms with Gasteiger partial charge in [-0.3, -0.25) is 0 Å². The first-order chi connectivity index (χ1) is 12.9. The summed E-state index contributed by atoms with van der Waals surface area (Å²) in [7, 11) is 0. The van der Waals surface area contributed by atoms with E-state index >= 15 is 0 Å². The lowest BCUT2D eigenvalue weighted by Crippen LogP contribution is -2.27. The van der Waals surface area contributed by atoms with Gasteiger partial charge in [0.15, 0.2) is 0 Å². The van der Waals surface area contributed by atoms with Gasteiger partial charge >= 0.3 is 0 Å². The zero-order valence-electron chi connectivity index (χ0n) is 22.7. The Morgan fingerprint density at radius 1 is 0.467 bits per heavy atom. The molecule has 0 aromatic carbocycles. The van der Waals surface area contributed by atoms with Gasteiger partial charge in [-0.2, -0.15) is 0 Å². The summed E-state index contributed by atoms with van der Waals surface area (Å²) in [5.74, 6) is 3.94. The molecule has 0 nitrogen and oxygen atoms in total. The Labute approximate surface area is 193 Å². The monoisotopic (exact) mass is 422 g/mol. The van der Waals surface area contributed by atoms with Crippen molar-refractivity contribution in [1.29, 1.82) is 0 Å². The summed E-state index contributed by atoms with van der Waals surface area (Å²) in [5.41, 5.74) is 2.12. The van der Waals surface area contributed by atoms with Gasteiger partial charge < -0.3 is 0 Å². The van der Waals surface area contributed by atoms with Gasteiger partial charge in [-0.05, 0) is 83.9 Å². The maximum atomic E-state index is 2.40. The maximum Gasteiger partial charge on any atom is -0.0354 e. The van der Waals surface area contributed by atoms with Crippen molar-refractivity contribution in [2.45, 2.75) is 148 Å². The van der Waals surface area contributed by atoms with Gasteiger partial charge in [0.05, 0.1) is 0 Å². The number of rotatable bonds is 2. The van der Waals surface area contributed by atoms with Crippen LogP contribution in [0.3, 0.4) is 0 Å². The van der Waals surface area contributed by atoms with Crippen LogP contribution in [-0.2, 0) is 0 Å². The third-order valence-electron chi connectivity index (χ3n) is 7.64. The highest BCUT2D eigenvalue weighted by molar-refractivity contribution is 4.85. The Morgan fingerprint density at radius 2 is 0.800 bits per heavy atom. The van der Waals surface area contributed by atoms with Crippen molar-refractivity contribution in [3.8, 4) is 0 Å². The van der Waals surface area contributed by atoms with Crippen molar-refractivity contribution >= 4 is 0 Å². The smallest absolute Gasteiger partial charge is 0.0354 e. The molecule has 0 aromatic rings. The number of hydrogen-bond acceptors (Lipinski definition) is 0. The van der Waals surface area contributed by atoms with Crippen LogP contribution in [-0.4, -0.2) is 0 Å². The highest BCUT2D eigenvalue weighted by atomic mass is 14.4. The Kier molecular flexibility index (Phi) is 11.2. The molecule has 0 amide bonds. The van der Waals surface area contributed by atoms with Crippen molar-refractivity contribution in [3.05, 3.63) is 0 Å². The second-order valence-electron chi connectivity index (χ2n) is 15.4. The minimum atomic E-state index is 0. The van der Waals surface area contributed by atoms with Crippen molar-refractivity contribution < 1.29 is 0 Å². The van der Waals surface area contributed by atoms with E-state index in [0.717, 1.165) is 23.7 Å². The van der Waals surface area contributed by atoms with E-state index in [1.165, 1.54) is 57.8 Å². The van der Waals surface area contributed by atoms with Crippen LogP contribution >= 0.6 is 0 Å². The largest absolute Gasteiger partial charge is 0.0776 e. The Bertz CT molecular complexity index is 448. The average molecular weight is 423 g/mol. The van der Waals surface area contributed by atoms with E-state index in [2.05, 4.69) is 83.1 Å². The predicted octanol–water partition coefficient (Wildman–Crippen LogP) is 10.8. The summed E-state index contributed by atoms with van der Waals surface area (Å²) >= 11 is 0. The highest BCUT2D eigenvalue weighted by Gasteiger charge is 2.34. The van der Waals surface area contributed by atoms with E-state index in [1.54, 1.807) is 0 Å². The molecule has 0 saturated heterocycles. The number of hydrogen-bond donors (Lipinski definition) is 0. The molecular formula is C30H62. The normalized spacial score (nSPS) is 28.4. The molecule has 182 valence electrons. The van der Waals surface area contributed by atoms with Crippen molar-refractivity contribution in [2.75, 3.05) is 0 Å². The van der Waals surface area contributed by atoms with E-state index in [-0.39, 0.29) is 7.43 Å². The molecule has 30 heavy (non-hydrogen) atoms. The standard InChI is InChI=1S/C15H30.C14H28.CH4/c1-14(2,3)11-12-7-9-13(10-8-12)15(4,5)6;1-13(2,3)10-11-7-8-12(9-11)14(4,5)6;/h12-13H,7-11H2,1-6H3;11-12H,7-10H2,1-6H3;1H4. The van der Waals surface area contributed by atoms with E-state index in [1.807, 2.05) is 0 Å². The molecular weight excluding hydrogens is 360 g/mol. The van der Waals surface area contributed by atoms with Gasteiger partial charge in [-0.25, -0.2) is 0 Å². The lowest BCUT2D eigenvalue weighted by atomic mass is 9.67. The molecule has 0 radical (unpaired) electrons. The molecule has 0 bridgehead atoms. The Hall–Kier alpha value is 0. The molecule has 2 atom stereocenters. The summed E-state index contributed by atoms with van der Waals surface area (Å²) in [4.78, 5) is 0. The van der Waals surface area contributed by atoms with Crippen LogP contribution < -0.4 is 0 Å². The van der Waals surface area contributed by atoms with Crippen LogP contribution in [0.5, 0.6) is 0 Å². The Morgan fingerprint density at radius 3 is 1.13 bits per heavy atom. The zero-order chi connectivity index (χ0) is 22.7. The molecule has 2 aliphatic carbocycles. The topological polar surface area (TPSA) is 0 Å². The third-order valence-corrected chi connectivity index (χ3v) is 7.64. The van der Waals surface area contributed by atoms with Crippen molar-refractivity contribution in [3.63, 3.8) is 0 Å². The van der Waals surface area contributed by atoms with E-state index in [4.69, 9.17) is 0 Å². The van der Waals surface area contributed by atoms with Crippen LogP contribution in [0.1, 0.15) is 148 Å². The van der Waals surface area contributed by atoms with Crippen LogP contribution in [0.25, 0.3) is 0 Å². The van der Waals surface area contributed by atoms with E-state index in [0.29, 0.717) is 21.7 Å². The zero-order valence-corrected chi connectivity index (χ0v) is 22.7. The first-order valence-electron chi connectivity index (χ1n) is 12.9. The van der Waals surface area contributed by atoms with Gasteiger partial charge in [0.2, 0.25) is 0 Å². The molecule has 0 spiro atoms. The second kappa shape index (κ2) is 11.2. The van der Waals surface area contributed by atoms with Crippen molar-refractivity contribution in [2.24, 2.45) is 45.3 Å². The summed E-state index contributed by atoms with van der Waals surface area (Å²) in [5, 5.41) is 0. The SMILES string of the molecule is C.CC(C)(C)CC1CCC(C(C)(C)C)C1.CC(C)(C)CC1CCC(C(C)(C)C)CC1. The van der Waals surface area contributed by atoms with Crippen LogP contribution in [0.2, 0.25) is 0 Å². The molecule has 2 aliphatic rings. The average Bonchev–Trinajstić information content (AvgIpc) is 2.92. The predicted molar refractivity (Wildman–Crippen MR) is 140 cm³/mol. The molecule has 0 aliphatic heterocycles.